The summed E-state index contributed by atoms with van der Waals surface area (Å²) >= 11 is 0. The van der Waals surface area contributed by atoms with E-state index in [1.807, 2.05) is 72.8 Å². The molecule has 0 unspecified atom stereocenters. The zero-order chi connectivity index (χ0) is 34.5. The van der Waals surface area contributed by atoms with Gasteiger partial charge < -0.3 is 25.4 Å². The maximum Gasteiger partial charge on any atom is 0.271 e. The van der Waals surface area contributed by atoms with Gasteiger partial charge in [0, 0.05) is 12.6 Å². The predicted molar refractivity (Wildman–Crippen MR) is 192 cm³/mol. The van der Waals surface area contributed by atoms with Gasteiger partial charge in [-0.2, -0.15) is 5.10 Å². The van der Waals surface area contributed by atoms with Crippen molar-refractivity contribution in [3.05, 3.63) is 114 Å². The van der Waals surface area contributed by atoms with Crippen LogP contribution in [0, 0.1) is 5.92 Å². The van der Waals surface area contributed by atoms with Crippen LogP contribution in [-0.2, 0) is 29.3 Å². The number of anilines is 1. The van der Waals surface area contributed by atoms with Crippen LogP contribution in [0.2, 0.25) is 0 Å². The van der Waals surface area contributed by atoms with Gasteiger partial charge in [0.1, 0.15) is 24.6 Å². The van der Waals surface area contributed by atoms with E-state index >= 15 is 0 Å². The van der Waals surface area contributed by atoms with Gasteiger partial charge in [0.25, 0.3) is 11.8 Å². The number of carbonyl (C=O) groups is 3. The second kappa shape index (κ2) is 17.6. The van der Waals surface area contributed by atoms with E-state index in [2.05, 4.69) is 21.0 Å². The van der Waals surface area contributed by atoms with Crippen LogP contribution < -0.4 is 20.7 Å². The van der Waals surface area contributed by atoms with Gasteiger partial charge in [-0.3, -0.25) is 14.4 Å². The molecule has 3 amide bonds. The molecule has 6 rings (SSSR count). The second-order valence-electron chi connectivity index (χ2n) is 13.3. The van der Waals surface area contributed by atoms with Gasteiger partial charge in [0.15, 0.2) is 5.69 Å². The SMILES string of the molecule is O=C(Cn1nc(C(=O)NCC2CCCCC2)cc1C(=O)N[C@H]1CCCC[C@@H]1OCc1ccccc1)Nc1ccccc1OCc1ccccc1. The number of nitrogens with zero attached hydrogens (tertiary/aromatic N) is 2. The lowest BCUT2D eigenvalue weighted by Crippen LogP contribution is -2.46. The van der Waals surface area contributed by atoms with Crippen molar-refractivity contribution in [2.45, 2.75) is 89.7 Å². The average molecular weight is 678 g/mol. The number of nitrogens with one attached hydrogen (secondary N) is 3. The van der Waals surface area contributed by atoms with Crippen LogP contribution in [-0.4, -0.2) is 46.2 Å². The minimum absolute atomic E-state index is 0.103. The molecule has 2 atom stereocenters. The number of ether oxygens (including phenoxy) is 2. The van der Waals surface area contributed by atoms with Crippen LogP contribution in [0.5, 0.6) is 5.75 Å². The van der Waals surface area contributed by atoms with Crippen molar-refractivity contribution in [3.63, 3.8) is 0 Å². The van der Waals surface area contributed by atoms with E-state index in [1.165, 1.54) is 30.0 Å². The summed E-state index contributed by atoms with van der Waals surface area (Å²) in [5.74, 6) is -0.209. The van der Waals surface area contributed by atoms with Crippen LogP contribution in [0.15, 0.2) is 91.0 Å². The fraction of sp³-hybridized carbons (Fsp3) is 0.400. The quantitative estimate of drug-likeness (QED) is 0.137. The first-order valence-electron chi connectivity index (χ1n) is 17.9. The number of rotatable bonds is 14. The van der Waals surface area contributed by atoms with Crippen molar-refractivity contribution in [1.29, 1.82) is 0 Å². The van der Waals surface area contributed by atoms with Gasteiger partial charge in [-0.1, -0.05) is 105 Å². The van der Waals surface area contributed by atoms with E-state index in [-0.39, 0.29) is 36.0 Å². The number of carbonyl (C=O) groups excluding carboxylic acids is 3. The number of hydrogen-bond acceptors (Lipinski definition) is 6. The van der Waals surface area contributed by atoms with E-state index in [1.54, 1.807) is 12.1 Å². The maximum atomic E-state index is 13.9. The second-order valence-corrected chi connectivity index (χ2v) is 13.3. The molecule has 2 aliphatic rings. The van der Waals surface area contributed by atoms with Crippen LogP contribution in [0.1, 0.15) is 89.9 Å². The number of para-hydroxylation sites is 2. The molecule has 2 fully saturated rings. The monoisotopic (exact) mass is 677 g/mol. The molecular weight excluding hydrogens is 630 g/mol. The Hall–Kier alpha value is -4.96. The average Bonchev–Trinajstić information content (AvgIpc) is 3.58. The van der Waals surface area contributed by atoms with Crippen molar-refractivity contribution in [1.82, 2.24) is 20.4 Å². The van der Waals surface area contributed by atoms with E-state index < -0.39 is 11.8 Å². The maximum absolute atomic E-state index is 13.9. The molecular formula is C40H47N5O5. The number of amides is 3. The van der Waals surface area contributed by atoms with Crippen LogP contribution in [0.3, 0.4) is 0 Å². The van der Waals surface area contributed by atoms with E-state index in [0.29, 0.717) is 37.1 Å². The third-order valence-electron chi connectivity index (χ3n) is 9.54. The summed E-state index contributed by atoms with van der Waals surface area (Å²) in [4.78, 5) is 40.7. The Morgan fingerprint density at radius 1 is 0.740 bits per heavy atom. The summed E-state index contributed by atoms with van der Waals surface area (Å²) in [6, 6.07) is 28.2. The first-order chi connectivity index (χ1) is 24.5. The molecule has 10 heteroatoms. The Balaban J connectivity index is 1.15. The molecule has 0 spiro atoms. The molecule has 3 aromatic carbocycles. The van der Waals surface area contributed by atoms with E-state index in [9.17, 15) is 14.4 Å². The first kappa shape index (κ1) is 34.9. The molecule has 50 heavy (non-hydrogen) atoms. The Morgan fingerprint density at radius 3 is 2.16 bits per heavy atom. The van der Waals surface area contributed by atoms with Crippen LogP contribution in [0.4, 0.5) is 5.69 Å². The van der Waals surface area contributed by atoms with Crippen molar-refractivity contribution in [3.8, 4) is 5.75 Å². The summed E-state index contributed by atoms with van der Waals surface area (Å²) in [6.45, 7) is 1.09. The van der Waals surface area contributed by atoms with Gasteiger partial charge >= 0.3 is 0 Å². The van der Waals surface area contributed by atoms with Crippen molar-refractivity contribution in [2.75, 3.05) is 11.9 Å². The molecule has 0 radical (unpaired) electrons. The summed E-state index contributed by atoms with van der Waals surface area (Å²) in [5.41, 5.74) is 2.82. The highest BCUT2D eigenvalue weighted by Crippen LogP contribution is 2.26. The minimum Gasteiger partial charge on any atom is -0.487 e. The van der Waals surface area contributed by atoms with Gasteiger partial charge in [-0.15, -0.1) is 0 Å². The molecule has 3 N–H and O–H groups in total. The molecule has 2 aliphatic carbocycles. The molecule has 10 nitrogen and oxygen atoms in total. The number of benzene rings is 3. The molecule has 0 saturated heterocycles. The van der Waals surface area contributed by atoms with E-state index in [4.69, 9.17) is 9.47 Å². The van der Waals surface area contributed by atoms with Crippen molar-refractivity contribution >= 4 is 23.4 Å². The predicted octanol–water partition coefficient (Wildman–Crippen LogP) is 6.67. The number of hydrogen-bond donors (Lipinski definition) is 3. The molecule has 1 heterocycles. The molecule has 0 bridgehead atoms. The van der Waals surface area contributed by atoms with Gasteiger partial charge in [0.05, 0.1) is 24.4 Å². The molecule has 0 aliphatic heterocycles. The highest BCUT2D eigenvalue weighted by molar-refractivity contribution is 5.99. The third-order valence-corrected chi connectivity index (χ3v) is 9.54. The topological polar surface area (TPSA) is 124 Å². The largest absolute Gasteiger partial charge is 0.487 e. The molecule has 2 saturated carbocycles. The molecule has 262 valence electrons. The van der Waals surface area contributed by atoms with Crippen LogP contribution >= 0.6 is 0 Å². The van der Waals surface area contributed by atoms with Crippen molar-refractivity contribution in [2.24, 2.45) is 5.92 Å². The van der Waals surface area contributed by atoms with Gasteiger partial charge in [0.2, 0.25) is 5.91 Å². The van der Waals surface area contributed by atoms with Crippen LogP contribution in [0.25, 0.3) is 0 Å². The lowest BCUT2D eigenvalue weighted by molar-refractivity contribution is -0.116. The van der Waals surface area contributed by atoms with Crippen molar-refractivity contribution < 1.29 is 23.9 Å². The van der Waals surface area contributed by atoms with Gasteiger partial charge in [-0.25, -0.2) is 4.68 Å². The van der Waals surface area contributed by atoms with E-state index in [0.717, 1.165) is 49.7 Å². The summed E-state index contributed by atoms with van der Waals surface area (Å²) < 4.78 is 13.6. The Bertz CT molecular complexity index is 1700. The zero-order valence-electron chi connectivity index (χ0n) is 28.5. The lowest BCUT2D eigenvalue weighted by Gasteiger charge is -2.32. The summed E-state index contributed by atoms with van der Waals surface area (Å²) in [6.07, 6.45) is 9.20. The highest BCUT2D eigenvalue weighted by Gasteiger charge is 2.30. The Labute approximate surface area is 293 Å². The Morgan fingerprint density at radius 2 is 1.40 bits per heavy atom. The summed E-state index contributed by atoms with van der Waals surface area (Å²) in [5, 5.41) is 13.6. The normalized spacial score (nSPS) is 17.8. The molecule has 4 aromatic rings. The standard InChI is InChI=1S/C40H47N5O5/c46-38(42-32-20-10-12-22-36(32)49-27-30-16-6-2-7-17-30)26-45-35(24-34(44-45)39(47)41-25-29-14-4-1-5-15-29)40(48)43-33-21-11-13-23-37(33)50-28-31-18-8-3-9-19-31/h2-3,6-10,12,16-20,22,24,29,33,37H,1,4-5,11,13-15,21,23,25-28H2,(H,41,47)(H,42,46)(H,43,48)/t33-,37-/m0/s1. The lowest BCUT2D eigenvalue weighted by atomic mass is 9.89. The third kappa shape index (κ3) is 9.81. The smallest absolute Gasteiger partial charge is 0.271 e. The fourth-order valence-corrected chi connectivity index (χ4v) is 6.79. The zero-order valence-corrected chi connectivity index (χ0v) is 28.5. The Kier molecular flexibility index (Phi) is 12.3. The summed E-state index contributed by atoms with van der Waals surface area (Å²) in [7, 11) is 0. The first-order valence-corrected chi connectivity index (χ1v) is 17.9. The highest BCUT2D eigenvalue weighted by atomic mass is 16.5. The molecule has 1 aromatic heterocycles. The van der Waals surface area contributed by atoms with Gasteiger partial charge in [-0.05, 0) is 54.9 Å². The minimum atomic E-state index is -0.409. The fourth-order valence-electron chi connectivity index (χ4n) is 6.79. The number of aromatic nitrogens is 2.